The van der Waals surface area contributed by atoms with Gasteiger partial charge in [-0.05, 0) is 70.9 Å². The van der Waals surface area contributed by atoms with E-state index in [4.69, 9.17) is 44.3 Å². The van der Waals surface area contributed by atoms with Crippen LogP contribution in [0.3, 0.4) is 0 Å². The van der Waals surface area contributed by atoms with Crippen molar-refractivity contribution in [3.8, 4) is 11.5 Å². The van der Waals surface area contributed by atoms with Gasteiger partial charge in [-0.15, -0.1) is 0 Å². The quantitative estimate of drug-likeness (QED) is 0.294. The Morgan fingerprint density at radius 3 is 2.32 bits per heavy atom. The number of rotatable bonds is 7. The van der Waals surface area contributed by atoms with E-state index < -0.39 is 0 Å². The van der Waals surface area contributed by atoms with Gasteiger partial charge in [-0.25, -0.2) is 0 Å². The molecule has 1 aliphatic heterocycles. The molecule has 0 atom stereocenters. The fourth-order valence-electron chi connectivity index (χ4n) is 3.24. The number of carbonyl (C=O) groups excluding carboxylic acids is 2. The minimum Gasteiger partial charge on any atom is -0.493 e. The molecule has 0 unspecified atom stereocenters. The Morgan fingerprint density at radius 1 is 0.882 bits per heavy atom. The molecule has 2 amide bonds. The van der Waals surface area contributed by atoms with Gasteiger partial charge in [0.05, 0.1) is 28.6 Å². The SMILES string of the molecule is COc1cc(/C=C2\SC(=O)N(Cc3ccc(Cl)cc3)C2=O)ccc1OCc1ccc(Cl)c(Cl)c1. The third-order valence-electron chi connectivity index (χ3n) is 4.99. The van der Waals surface area contributed by atoms with E-state index in [1.54, 1.807) is 60.7 Å². The predicted molar refractivity (Wildman–Crippen MR) is 137 cm³/mol. The maximum absolute atomic E-state index is 12.8. The summed E-state index contributed by atoms with van der Waals surface area (Å²) in [5, 5.41) is 1.20. The molecule has 3 aromatic carbocycles. The molecule has 0 saturated carbocycles. The van der Waals surface area contributed by atoms with Crippen molar-refractivity contribution in [1.82, 2.24) is 4.90 Å². The topological polar surface area (TPSA) is 55.8 Å². The second kappa shape index (κ2) is 10.7. The molecule has 3 aromatic rings. The van der Waals surface area contributed by atoms with Crippen molar-refractivity contribution < 1.29 is 19.1 Å². The minimum atomic E-state index is -0.344. The molecule has 1 saturated heterocycles. The van der Waals surface area contributed by atoms with Crippen LogP contribution in [0, 0.1) is 0 Å². The van der Waals surface area contributed by atoms with Gasteiger partial charge in [0.1, 0.15) is 6.61 Å². The molecule has 0 aliphatic carbocycles. The highest BCUT2D eigenvalue weighted by molar-refractivity contribution is 8.18. The van der Waals surface area contributed by atoms with Crippen LogP contribution in [0.5, 0.6) is 11.5 Å². The summed E-state index contributed by atoms with van der Waals surface area (Å²) in [6, 6.07) is 17.6. The number of amides is 2. The van der Waals surface area contributed by atoms with E-state index in [9.17, 15) is 9.59 Å². The van der Waals surface area contributed by atoms with Crippen LogP contribution in [0.4, 0.5) is 4.79 Å². The normalized spacial score (nSPS) is 14.7. The highest BCUT2D eigenvalue weighted by atomic mass is 35.5. The minimum absolute atomic E-state index is 0.185. The monoisotopic (exact) mass is 533 g/mol. The van der Waals surface area contributed by atoms with Crippen molar-refractivity contribution in [2.24, 2.45) is 0 Å². The van der Waals surface area contributed by atoms with Crippen LogP contribution in [-0.2, 0) is 17.9 Å². The highest BCUT2D eigenvalue weighted by Gasteiger charge is 2.35. The Hall–Kier alpha value is -2.64. The van der Waals surface area contributed by atoms with Crippen LogP contribution in [0.1, 0.15) is 16.7 Å². The standard InChI is InChI=1S/C25H18Cl3NO4S/c1-32-22-11-16(5-9-21(22)33-14-17-4-8-19(27)20(28)10-17)12-23-24(30)29(25(31)34-23)13-15-2-6-18(26)7-3-15/h2-12H,13-14H2,1H3/b23-12-. The summed E-state index contributed by atoms with van der Waals surface area (Å²) in [6.45, 7) is 0.459. The van der Waals surface area contributed by atoms with Crippen LogP contribution in [0.15, 0.2) is 65.6 Å². The van der Waals surface area contributed by atoms with E-state index in [2.05, 4.69) is 0 Å². The lowest BCUT2D eigenvalue weighted by Gasteiger charge is -2.13. The summed E-state index contributed by atoms with van der Waals surface area (Å²) in [5.41, 5.74) is 2.38. The lowest BCUT2D eigenvalue weighted by molar-refractivity contribution is -0.123. The Bertz CT molecular complexity index is 1280. The number of carbonyl (C=O) groups is 2. The molecule has 1 fully saturated rings. The molecule has 9 heteroatoms. The summed E-state index contributed by atoms with van der Waals surface area (Å²) in [5.74, 6) is 0.680. The van der Waals surface area contributed by atoms with Gasteiger partial charge in [-0.2, -0.15) is 0 Å². The van der Waals surface area contributed by atoms with Crippen molar-refractivity contribution in [3.05, 3.63) is 97.3 Å². The van der Waals surface area contributed by atoms with Gasteiger partial charge in [0.15, 0.2) is 11.5 Å². The number of ether oxygens (including phenoxy) is 2. The molecule has 0 bridgehead atoms. The Balaban J connectivity index is 1.47. The van der Waals surface area contributed by atoms with Gasteiger partial charge in [0.2, 0.25) is 0 Å². The van der Waals surface area contributed by atoms with E-state index in [1.165, 1.54) is 12.0 Å². The fraction of sp³-hybridized carbons (Fsp3) is 0.120. The third-order valence-corrected chi connectivity index (χ3v) is 6.89. The van der Waals surface area contributed by atoms with E-state index >= 15 is 0 Å². The Morgan fingerprint density at radius 2 is 1.62 bits per heavy atom. The third kappa shape index (κ3) is 5.70. The lowest BCUT2D eigenvalue weighted by Crippen LogP contribution is -2.27. The van der Waals surface area contributed by atoms with Gasteiger partial charge in [0.25, 0.3) is 11.1 Å². The number of hydrogen-bond acceptors (Lipinski definition) is 5. The second-order valence-electron chi connectivity index (χ2n) is 7.34. The molecule has 34 heavy (non-hydrogen) atoms. The lowest BCUT2D eigenvalue weighted by atomic mass is 10.1. The molecular weight excluding hydrogens is 517 g/mol. The van der Waals surface area contributed by atoms with Crippen LogP contribution in [0.2, 0.25) is 15.1 Å². The van der Waals surface area contributed by atoms with Crippen LogP contribution >= 0.6 is 46.6 Å². The molecule has 4 rings (SSSR count). The number of nitrogens with zero attached hydrogens (tertiary/aromatic N) is 1. The van der Waals surface area contributed by atoms with Crippen molar-refractivity contribution in [1.29, 1.82) is 0 Å². The molecule has 0 aromatic heterocycles. The average molecular weight is 535 g/mol. The van der Waals surface area contributed by atoms with E-state index in [1.807, 2.05) is 6.07 Å². The summed E-state index contributed by atoms with van der Waals surface area (Å²) < 4.78 is 11.3. The number of hydrogen-bond donors (Lipinski definition) is 0. The number of halogens is 3. The highest BCUT2D eigenvalue weighted by Crippen LogP contribution is 2.35. The summed E-state index contributed by atoms with van der Waals surface area (Å²) >= 11 is 18.8. The van der Waals surface area contributed by atoms with E-state index in [0.717, 1.165) is 22.9 Å². The molecule has 5 nitrogen and oxygen atoms in total. The first kappa shape index (κ1) is 24.5. The number of methoxy groups -OCH3 is 1. The Labute approximate surface area is 216 Å². The van der Waals surface area contributed by atoms with Crippen molar-refractivity contribution in [3.63, 3.8) is 0 Å². The summed E-state index contributed by atoms with van der Waals surface area (Å²) in [6.07, 6.45) is 1.66. The molecule has 174 valence electrons. The van der Waals surface area contributed by atoms with Crippen molar-refractivity contribution >= 4 is 63.8 Å². The molecule has 0 spiro atoms. The Kier molecular flexibility index (Phi) is 7.73. The molecule has 1 aliphatic rings. The average Bonchev–Trinajstić information content (AvgIpc) is 3.08. The number of benzene rings is 3. The predicted octanol–water partition coefficient (Wildman–Crippen LogP) is 7.47. The van der Waals surface area contributed by atoms with E-state index in [-0.39, 0.29) is 24.3 Å². The van der Waals surface area contributed by atoms with Crippen LogP contribution < -0.4 is 9.47 Å². The smallest absolute Gasteiger partial charge is 0.293 e. The molecule has 0 radical (unpaired) electrons. The van der Waals surface area contributed by atoms with E-state index in [0.29, 0.717) is 37.0 Å². The molecule has 0 N–H and O–H groups in total. The maximum Gasteiger partial charge on any atom is 0.293 e. The van der Waals surface area contributed by atoms with Crippen LogP contribution in [0.25, 0.3) is 6.08 Å². The van der Waals surface area contributed by atoms with Crippen molar-refractivity contribution in [2.45, 2.75) is 13.2 Å². The van der Waals surface area contributed by atoms with Gasteiger partial charge in [0, 0.05) is 5.02 Å². The summed E-state index contributed by atoms with van der Waals surface area (Å²) in [4.78, 5) is 26.8. The maximum atomic E-state index is 12.8. The first-order valence-electron chi connectivity index (χ1n) is 10.1. The van der Waals surface area contributed by atoms with Gasteiger partial charge < -0.3 is 9.47 Å². The van der Waals surface area contributed by atoms with Gasteiger partial charge in [-0.3, -0.25) is 14.5 Å². The largest absolute Gasteiger partial charge is 0.493 e. The molecule has 1 heterocycles. The van der Waals surface area contributed by atoms with Gasteiger partial charge in [-0.1, -0.05) is 59.1 Å². The van der Waals surface area contributed by atoms with Crippen LogP contribution in [-0.4, -0.2) is 23.2 Å². The van der Waals surface area contributed by atoms with Crippen molar-refractivity contribution in [2.75, 3.05) is 7.11 Å². The second-order valence-corrected chi connectivity index (χ2v) is 9.59. The zero-order valence-corrected chi connectivity index (χ0v) is 21.0. The summed E-state index contributed by atoms with van der Waals surface area (Å²) in [7, 11) is 1.53. The molecular formula is C25H18Cl3NO4S. The number of thioether (sulfide) groups is 1. The first-order chi connectivity index (χ1) is 16.3. The van der Waals surface area contributed by atoms with Gasteiger partial charge >= 0.3 is 0 Å². The number of imide groups is 1. The zero-order chi connectivity index (χ0) is 24.2. The fourth-order valence-corrected chi connectivity index (χ4v) is 4.53. The zero-order valence-electron chi connectivity index (χ0n) is 17.9. The first-order valence-corrected chi connectivity index (χ1v) is 12.0.